The highest BCUT2D eigenvalue weighted by Gasteiger charge is 2.10. The molecule has 4 heteroatoms. The second kappa shape index (κ2) is 6.71. The van der Waals surface area contributed by atoms with E-state index >= 15 is 0 Å². The van der Waals surface area contributed by atoms with Gasteiger partial charge in [-0.15, -0.1) is 0 Å². The van der Waals surface area contributed by atoms with Gasteiger partial charge < -0.3 is 0 Å². The molecule has 3 aromatic carbocycles. The number of nitrogens with zero attached hydrogens (tertiary/aromatic N) is 4. The first-order chi connectivity index (χ1) is 14.8. The van der Waals surface area contributed by atoms with Gasteiger partial charge in [0.05, 0.1) is 16.6 Å². The van der Waals surface area contributed by atoms with Crippen LogP contribution in [0.2, 0.25) is 0 Å². The zero-order valence-electron chi connectivity index (χ0n) is 16.1. The third-order valence-corrected chi connectivity index (χ3v) is 5.45. The molecule has 0 bridgehead atoms. The van der Waals surface area contributed by atoms with E-state index in [0.29, 0.717) is 0 Å². The number of para-hydroxylation sites is 1. The van der Waals surface area contributed by atoms with Crippen LogP contribution in [0.25, 0.3) is 49.5 Å². The molecular weight excluding hydrogens is 368 g/mol. The molecule has 0 aliphatic rings. The van der Waals surface area contributed by atoms with E-state index in [-0.39, 0.29) is 0 Å². The van der Waals surface area contributed by atoms with E-state index in [1.54, 1.807) is 12.4 Å². The first-order valence-electron chi connectivity index (χ1n) is 9.85. The van der Waals surface area contributed by atoms with E-state index in [9.17, 15) is 0 Å². The molecule has 0 aliphatic heterocycles. The number of fused-ring (bicyclic) bond motifs is 3. The highest BCUT2D eigenvalue weighted by atomic mass is 14.9. The molecule has 0 saturated heterocycles. The fourth-order valence-corrected chi connectivity index (χ4v) is 3.87. The molecule has 0 N–H and O–H groups in total. The Kier molecular flexibility index (Phi) is 3.74. The number of rotatable bonds is 2. The summed E-state index contributed by atoms with van der Waals surface area (Å²) < 4.78 is 2.12. The predicted octanol–water partition coefficient (Wildman–Crippen LogP) is 5.27. The van der Waals surface area contributed by atoms with E-state index in [4.69, 9.17) is 0 Å². The van der Waals surface area contributed by atoms with Gasteiger partial charge in [-0.2, -0.15) is 4.57 Å². The summed E-state index contributed by atoms with van der Waals surface area (Å²) in [7, 11) is 0. The van der Waals surface area contributed by atoms with Gasteiger partial charge in [0.25, 0.3) is 0 Å². The molecule has 0 aliphatic carbocycles. The maximum atomic E-state index is 4.60. The Balaban J connectivity index is 1.41. The molecule has 0 radical (unpaired) electrons. The van der Waals surface area contributed by atoms with E-state index < -0.39 is 0 Å². The van der Waals surface area contributed by atoms with Gasteiger partial charge in [-0.05, 0) is 41.3 Å². The predicted molar refractivity (Wildman–Crippen MR) is 119 cm³/mol. The monoisotopic (exact) mass is 385 g/mol. The maximum absolute atomic E-state index is 4.60. The van der Waals surface area contributed by atoms with Crippen molar-refractivity contribution in [2.45, 2.75) is 0 Å². The number of pyridine rings is 2. The molecule has 30 heavy (non-hydrogen) atoms. The van der Waals surface area contributed by atoms with Crippen molar-refractivity contribution in [3.63, 3.8) is 0 Å². The lowest BCUT2D eigenvalue weighted by atomic mass is 10.0. The van der Waals surface area contributed by atoms with Crippen LogP contribution in [-0.4, -0.2) is 15.0 Å². The summed E-state index contributed by atoms with van der Waals surface area (Å²) in [5.74, 6) is 0. The Morgan fingerprint density at radius 2 is 1.43 bits per heavy atom. The van der Waals surface area contributed by atoms with Crippen molar-refractivity contribution < 1.29 is 4.57 Å². The van der Waals surface area contributed by atoms with Gasteiger partial charge in [-0.1, -0.05) is 24.3 Å². The molecule has 0 atom stereocenters. The summed E-state index contributed by atoms with van der Waals surface area (Å²) in [6.45, 7) is 0. The van der Waals surface area contributed by atoms with Crippen molar-refractivity contribution >= 4 is 32.7 Å². The Hall–Kier alpha value is -4.18. The summed E-state index contributed by atoms with van der Waals surface area (Å²) in [6, 6.07) is 25.2. The van der Waals surface area contributed by atoms with Crippen molar-refractivity contribution in [2.75, 3.05) is 0 Å². The second-order valence-electron chi connectivity index (χ2n) is 7.34. The van der Waals surface area contributed by atoms with Crippen molar-refractivity contribution in [1.82, 2.24) is 15.0 Å². The van der Waals surface area contributed by atoms with Gasteiger partial charge in [-0.25, -0.2) is 0 Å². The van der Waals surface area contributed by atoms with Gasteiger partial charge in [0, 0.05) is 53.1 Å². The molecule has 0 spiro atoms. The van der Waals surface area contributed by atoms with Gasteiger partial charge >= 0.3 is 0 Å². The van der Waals surface area contributed by atoms with Gasteiger partial charge in [0.2, 0.25) is 5.69 Å². The van der Waals surface area contributed by atoms with Crippen LogP contribution in [0, 0.1) is 0 Å². The first-order valence-corrected chi connectivity index (χ1v) is 9.85. The third-order valence-electron chi connectivity index (χ3n) is 5.45. The van der Waals surface area contributed by atoms with Gasteiger partial charge in [-0.3, -0.25) is 15.0 Å². The van der Waals surface area contributed by atoms with Crippen LogP contribution in [0.5, 0.6) is 0 Å². The Morgan fingerprint density at radius 3 is 2.40 bits per heavy atom. The SMILES string of the molecule is c1ccc2ncc(-c3ccc4c[n+](-c5ccc6nccnc6c5)ccc4c3)cc2c1. The van der Waals surface area contributed by atoms with Crippen LogP contribution in [0.4, 0.5) is 0 Å². The molecule has 0 amide bonds. The molecule has 140 valence electrons. The average Bonchev–Trinajstić information content (AvgIpc) is 2.83. The largest absolute Gasteiger partial charge is 0.256 e. The quantitative estimate of drug-likeness (QED) is 0.381. The van der Waals surface area contributed by atoms with Gasteiger partial charge in [0.15, 0.2) is 12.4 Å². The van der Waals surface area contributed by atoms with Gasteiger partial charge in [0.1, 0.15) is 0 Å². The highest BCUT2D eigenvalue weighted by molar-refractivity contribution is 5.89. The lowest BCUT2D eigenvalue weighted by molar-refractivity contribution is -0.594. The molecule has 0 saturated carbocycles. The summed E-state index contributed by atoms with van der Waals surface area (Å²) >= 11 is 0. The number of benzene rings is 3. The topological polar surface area (TPSA) is 42.5 Å². The Morgan fingerprint density at radius 1 is 0.567 bits per heavy atom. The van der Waals surface area contributed by atoms with Crippen LogP contribution in [-0.2, 0) is 0 Å². The molecule has 6 aromatic rings. The Bertz CT molecular complexity index is 1440. The van der Waals surface area contributed by atoms with E-state index in [0.717, 1.165) is 33.2 Å². The minimum absolute atomic E-state index is 0.891. The lowest BCUT2D eigenvalue weighted by Gasteiger charge is -2.05. The van der Waals surface area contributed by atoms with Crippen molar-refractivity contribution in [3.05, 3.63) is 104 Å². The van der Waals surface area contributed by atoms with E-state index in [1.807, 2.05) is 30.5 Å². The van der Waals surface area contributed by atoms with Crippen molar-refractivity contribution in [2.24, 2.45) is 0 Å². The fraction of sp³-hybridized carbons (Fsp3) is 0. The molecule has 3 heterocycles. The van der Waals surface area contributed by atoms with Crippen LogP contribution >= 0.6 is 0 Å². The fourth-order valence-electron chi connectivity index (χ4n) is 3.87. The second-order valence-corrected chi connectivity index (χ2v) is 7.34. The van der Waals surface area contributed by atoms with Crippen molar-refractivity contribution in [1.29, 1.82) is 0 Å². The van der Waals surface area contributed by atoms with Crippen molar-refractivity contribution in [3.8, 4) is 16.8 Å². The summed E-state index contributed by atoms with van der Waals surface area (Å²) in [6.07, 6.45) is 9.62. The van der Waals surface area contributed by atoms with E-state index in [2.05, 4.69) is 80.4 Å². The smallest absolute Gasteiger partial charge is 0.212 e. The standard InChI is InChI=1S/C26H17N4/c1-2-4-24-20(3-1)14-22(16-29-24)18-5-6-21-17-30(12-9-19(21)13-18)23-7-8-25-26(15-23)28-11-10-27-25/h1-17H/q+1. The normalized spacial score (nSPS) is 11.3. The number of hydrogen-bond donors (Lipinski definition) is 0. The molecule has 0 unspecified atom stereocenters. The van der Waals surface area contributed by atoms with Crippen LogP contribution in [0.3, 0.4) is 0 Å². The molecular formula is C26H17N4+. The lowest BCUT2D eigenvalue weighted by Crippen LogP contribution is -2.29. The van der Waals surface area contributed by atoms with Crippen LogP contribution in [0.15, 0.2) is 104 Å². The Labute approximate surface area is 173 Å². The summed E-state index contributed by atoms with van der Waals surface area (Å²) in [5, 5.41) is 3.52. The molecule has 0 fully saturated rings. The minimum Gasteiger partial charge on any atom is -0.256 e. The average molecular weight is 385 g/mol. The molecule has 4 nitrogen and oxygen atoms in total. The highest BCUT2D eigenvalue weighted by Crippen LogP contribution is 2.26. The molecule has 3 aromatic heterocycles. The summed E-state index contributed by atoms with van der Waals surface area (Å²) in [4.78, 5) is 13.4. The zero-order valence-corrected chi connectivity index (χ0v) is 16.1. The minimum atomic E-state index is 0.891. The number of hydrogen-bond acceptors (Lipinski definition) is 3. The molecule has 6 rings (SSSR count). The van der Waals surface area contributed by atoms with Crippen LogP contribution < -0.4 is 4.57 Å². The maximum Gasteiger partial charge on any atom is 0.212 e. The zero-order chi connectivity index (χ0) is 19.9. The summed E-state index contributed by atoms with van der Waals surface area (Å²) in [5.41, 5.74) is 6.16. The first kappa shape index (κ1) is 16.7. The van der Waals surface area contributed by atoms with Crippen LogP contribution in [0.1, 0.15) is 0 Å². The van der Waals surface area contributed by atoms with E-state index in [1.165, 1.54) is 16.3 Å². The number of aromatic nitrogens is 4. The third kappa shape index (κ3) is 2.86.